The van der Waals surface area contributed by atoms with Crippen molar-refractivity contribution in [1.82, 2.24) is 9.97 Å². The minimum absolute atomic E-state index is 0.463. The molecule has 0 saturated carbocycles. The van der Waals surface area contributed by atoms with Crippen LogP contribution in [-0.4, -0.2) is 30.3 Å². The summed E-state index contributed by atoms with van der Waals surface area (Å²) in [6.45, 7) is 20.3. The summed E-state index contributed by atoms with van der Waals surface area (Å²) in [5, 5.41) is 8.91. The third-order valence-corrected chi connectivity index (χ3v) is 5.52. The number of halogens is 1. The first-order valence-corrected chi connectivity index (χ1v) is 13.7. The molecule has 208 valence electrons. The third kappa shape index (κ3) is 17.4. The maximum atomic E-state index is 9.50. The number of thioether (sulfide) groups is 1. The van der Waals surface area contributed by atoms with Crippen molar-refractivity contribution in [2.24, 2.45) is 5.73 Å². The molecule has 2 N–H and O–H groups in total. The van der Waals surface area contributed by atoms with Crippen molar-refractivity contribution in [3.05, 3.63) is 65.0 Å². The highest BCUT2D eigenvalue weighted by Gasteiger charge is 2.12. The number of nitriles is 1. The van der Waals surface area contributed by atoms with Crippen LogP contribution >= 0.6 is 11.8 Å². The Morgan fingerprint density at radius 1 is 1.03 bits per heavy atom. The Bertz CT molecular complexity index is 885. The van der Waals surface area contributed by atoms with Gasteiger partial charge in [0.25, 0.3) is 0 Å². The predicted molar refractivity (Wildman–Crippen MR) is 162 cm³/mol. The first-order chi connectivity index (χ1) is 17.9. The number of aromatic nitrogens is 2. The van der Waals surface area contributed by atoms with Gasteiger partial charge in [-0.15, -0.1) is 0 Å². The molecule has 0 radical (unpaired) electrons. The van der Waals surface area contributed by atoms with Crippen molar-refractivity contribution < 1.29 is 9.13 Å². The van der Waals surface area contributed by atoms with Gasteiger partial charge in [-0.1, -0.05) is 84.9 Å². The SMILES string of the molecule is C=C(C)S/C(=C(\C)c1ccc(C#N)cc1)c1cnc(OC)cn1.CC.CC.CCCC(N)CCC.CF. The Morgan fingerprint density at radius 2 is 1.54 bits per heavy atom. The van der Waals surface area contributed by atoms with Crippen LogP contribution in [0.2, 0.25) is 0 Å². The zero-order valence-corrected chi connectivity index (χ0v) is 25.5. The van der Waals surface area contributed by atoms with Crippen LogP contribution in [0.1, 0.15) is 97.9 Å². The number of hydrogen-bond donors (Lipinski definition) is 1. The second kappa shape index (κ2) is 26.4. The number of hydrogen-bond acceptors (Lipinski definition) is 6. The molecule has 2 rings (SSSR count). The van der Waals surface area contributed by atoms with Gasteiger partial charge in [-0.3, -0.25) is 4.39 Å². The number of alkyl halides is 1. The second-order valence-corrected chi connectivity index (χ2v) is 8.54. The molecule has 0 bridgehead atoms. The van der Waals surface area contributed by atoms with Crippen molar-refractivity contribution in [1.29, 1.82) is 5.26 Å². The Hall–Kier alpha value is -2.69. The van der Waals surface area contributed by atoms with E-state index in [1.165, 1.54) is 25.7 Å². The van der Waals surface area contributed by atoms with E-state index in [0.717, 1.165) is 26.6 Å². The summed E-state index contributed by atoms with van der Waals surface area (Å²) in [5.41, 5.74) is 9.19. The molecule has 37 heavy (non-hydrogen) atoms. The molecule has 1 aromatic heterocycles. The average molecular weight is 533 g/mol. The van der Waals surface area contributed by atoms with Gasteiger partial charge in [0.1, 0.15) is 0 Å². The smallest absolute Gasteiger partial charge is 0.232 e. The van der Waals surface area contributed by atoms with Gasteiger partial charge in [-0.05, 0) is 54.9 Å². The van der Waals surface area contributed by atoms with Crippen molar-refractivity contribution in [3.8, 4) is 11.9 Å². The molecule has 7 heteroatoms. The lowest BCUT2D eigenvalue weighted by molar-refractivity contribution is 0.395. The van der Waals surface area contributed by atoms with Crippen LogP contribution in [0.4, 0.5) is 4.39 Å². The summed E-state index contributed by atoms with van der Waals surface area (Å²) in [6, 6.07) is 10.1. The van der Waals surface area contributed by atoms with E-state index in [1.54, 1.807) is 31.3 Å². The van der Waals surface area contributed by atoms with E-state index in [1.807, 2.05) is 65.8 Å². The fraction of sp³-hybridized carbons (Fsp3) is 0.500. The summed E-state index contributed by atoms with van der Waals surface area (Å²) in [6.07, 6.45) is 8.11. The highest BCUT2D eigenvalue weighted by atomic mass is 32.2. The standard InChI is InChI=1S/C18H17N3OS.C7H17N.2C2H6.CH3F/c1-12(2)23-18(16-10-21-17(22-4)11-20-16)13(3)15-7-5-14(9-19)6-8-15;1-3-5-7(8)6-4-2;3*1-2/h5-8,10-11H,1H2,2-4H3;7H,3-6,8H2,1-2H3;2*1-2H3;1H3/b18-13+;;;;. The quantitative estimate of drug-likeness (QED) is 0.347. The van der Waals surface area contributed by atoms with E-state index in [4.69, 9.17) is 15.7 Å². The molecule has 0 unspecified atom stereocenters. The predicted octanol–water partition coefficient (Wildman–Crippen LogP) is 9.06. The molecule has 0 aliphatic heterocycles. The van der Waals surface area contributed by atoms with Crippen LogP contribution in [-0.2, 0) is 0 Å². The van der Waals surface area contributed by atoms with Crippen LogP contribution in [0, 0.1) is 11.3 Å². The van der Waals surface area contributed by atoms with E-state index in [0.29, 0.717) is 24.7 Å². The number of ether oxygens (including phenoxy) is 1. The van der Waals surface area contributed by atoms with E-state index in [2.05, 4.69) is 36.5 Å². The van der Waals surface area contributed by atoms with Crippen molar-refractivity contribution in [2.75, 3.05) is 14.3 Å². The molecule has 0 spiro atoms. The summed E-state index contributed by atoms with van der Waals surface area (Å²) < 4.78 is 14.6. The molecule has 1 aromatic carbocycles. The fourth-order valence-corrected chi connectivity index (χ4v) is 3.68. The first kappa shape index (κ1) is 38.8. The summed E-state index contributed by atoms with van der Waals surface area (Å²) in [4.78, 5) is 10.6. The van der Waals surface area contributed by atoms with Crippen LogP contribution in [0.15, 0.2) is 48.1 Å². The normalized spacial score (nSPS) is 9.84. The Kier molecular flexibility index (Phi) is 27.7. The van der Waals surface area contributed by atoms with E-state index in [9.17, 15) is 4.39 Å². The van der Waals surface area contributed by atoms with Gasteiger partial charge in [0.2, 0.25) is 5.88 Å². The maximum Gasteiger partial charge on any atom is 0.232 e. The number of nitrogens with zero attached hydrogens (tertiary/aromatic N) is 3. The average Bonchev–Trinajstić information content (AvgIpc) is 2.95. The van der Waals surface area contributed by atoms with Crippen molar-refractivity contribution in [3.63, 3.8) is 0 Å². The van der Waals surface area contributed by atoms with Gasteiger partial charge >= 0.3 is 0 Å². The van der Waals surface area contributed by atoms with Crippen molar-refractivity contribution in [2.45, 2.75) is 87.1 Å². The lowest BCUT2D eigenvalue weighted by atomic mass is 10.0. The van der Waals surface area contributed by atoms with Crippen LogP contribution < -0.4 is 10.5 Å². The van der Waals surface area contributed by atoms with Gasteiger partial charge < -0.3 is 10.5 Å². The molecular weight excluding hydrogens is 483 g/mol. The number of rotatable bonds is 9. The van der Waals surface area contributed by atoms with Gasteiger partial charge in [-0.2, -0.15) is 5.26 Å². The minimum Gasteiger partial charge on any atom is -0.480 e. The van der Waals surface area contributed by atoms with Gasteiger partial charge in [0, 0.05) is 10.9 Å². The molecule has 0 aliphatic rings. The fourth-order valence-electron chi connectivity index (χ4n) is 2.85. The number of allylic oxidation sites excluding steroid dienone is 2. The number of benzene rings is 1. The van der Waals surface area contributed by atoms with Gasteiger partial charge in [0.05, 0.1) is 44.0 Å². The lowest BCUT2D eigenvalue weighted by Gasteiger charge is -2.12. The zero-order chi connectivity index (χ0) is 29.2. The highest BCUT2D eigenvalue weighted by Crippen LogP contribution is 2.37. The van der Waals surface area contributed by atoms with E-state index < -0.39 is 0 Å². The number of nitrogens with two attached hydrogens (primary N) is 1. The largest absolute Gasteiger partial charge is 0.480 e. The Morgan fingerprint density at radius 3 is 1.89 bits per heavy atom. The molecule has 2 aromatic rings. The summed E-state index contributed by atoms with van der Waals surface area (Å²) in [7, 11) is 2.06. The Balaban J connectivity index is -0.000000694. The first-order valence-electron chi connectivity index (χ1n) is 12.9. The molecule has 0 amide bonds. The molecule has 0 saturated heterocycles. The Labute approximate surface area is 230 Å². The van der Waals surface area contributed by atoms with Gasteiger partial charge in [-0.25, -0.2) is 9.97 Å². The van der Waals surface area contributed by atoms with Crippen LogP contribution in [0.25, 0.3) is 10.5 Å². The number of methoxy groups -OCH3 is 1. The zero-order valence-electron chi connectivity index (χ0n) is 24.7. The molecule has 0 fully saturated rings. The van der Waals surface area contributed by atoms with Gasteiger partial charge in [0.15, 0.2) is 0 Å². The summed E-state index contributed by atoms with van der Waals surface area (Å²) in [5.74, 6) is 0.476. The van der Waals surface area contributed by atoms with Crippen LogP contribution in [0.3, 0.4) is 0 Å². The minimum atomic E-state index is 0.463. The highest BCUT2D eigenvalue weighted by molar-refractivity contribution is 8.11. The lowest BCUT2D eigenvalue weighted by Crippen LogP contribution is -2.18. The molecule has 1 heterocycles. The van der Waals surface area contributed by atoms with E-state index >= 15 is 0 Å². The molecule has 0 aliphatic carbocycles. The maximum absolute atomic E-state index is 9.50. The summed E-state index contributed by atoms with van der Waals surface area (Å²) >= 11 is 1.56. The van der Waals surface area contributed by atoms with Crippen LogP contribution in [0.5, 0.6) is 5.88 Å². The molecular formula is C30H49FN4OS. The van der Waals surface area contributed by atoms with Crippen molar-refractivity contribution >= 4 is 22.2 Å². The molecule has 5 nitrogen and oxygen atoms in total. The molecule has 0 atom stereocenters. The van der Waals surface area contributed by atoms with E-state index in [-0.39, 0.29) is 0 Å². The second-order valence-electron chi connectivity index (χ2n) is 7.23. The third-order valence-electron chi connectivity index (χ3n) is 4.45. The monoisotopic (exact) mass is 532 g/mol. The topological polar surface area (TPSA) is 84.8 Å².